The van der Waals surface area contributed by atoms with Crippen LogP contribution in [0.4, 0.5) is 5.00 Å². The van der Waals surface area contributed by atoms with Gasteiger partial charge >= 0.3 is 0 Å². The number of carbonyl (C=O) groups excluding carboxylic acids is 1. The molecule has 1 amide bonds. The van der Waals surface area contributed by atoms with Gasteiger partial charge < -0.3 is 20.4 Å². The highest BCUT2D eigenvalue weighted by Crippen LogP contribution is 2.24. The molecule has 0 radical (unpaired) electrons. The molecular formula is C23H33N5OS. The van der Waals surface area contributed by atoms with E-state index in [1.807, 2.05) is 29.5 Å². The van der Waals surface area contributed by atoms with E-state index in [4.69, 9.17) is 4.99 Å². The van der Waals surface area contributed by atoms with E-state index >= 15 is 0 Å². The second-order valence-corrected chi connectivity index (χ2v) is 8.69. The SMILES string of the molecule is CCNC(=NCCc1cccc(C(=O)N(C)C)c1)NC1CCN(c2cccs2)CC1. The number of nitrogens with one attached hydrogen (secondary N) is 2. The number of hydrogen-bond acceptors (Lipinski definition) is 4. The molecule has 1 aromatic heterocycles. The van der Waals surface area contributed by atoms with Gasteiger partial charge in [0.2, 0.25) is 0 Å². The highest BCUT2D eigenvalue weighted by atomic mass is 32.1. The van der Waals surface area contributed by atoms with Crippen LogP contribution < -0.4 is 15.5 Å². The molecule has 0 unspecified atom stereocenters. The van der Waals surface area contributed by atoms with Gasteiger partial charge in [-0.2, -0.15) is 0 Å². The summed E-state index contributed by atoms with van der Waals surface area (Å²) in [5.74, 6) is 0.914. The number of guanidine groups is 1. The van der Waals surface area contributed by atoms with Crippen LogP contribution in [0.3, 0.4) is 0 Å². The summed E-state index contributed by atoms with van der Waals surface area (Å²) < 4.78 is 0. The fourth-order valence-electron chi connectivity index (χ4n) is 3.62. The van der Waals surface area contributed by atoms with Crippen LogP contribution in [-0.2, 0) is 6.42 Å². The van der Waals surface area contributed by atoms with Gasteiger partial charge in [0.15, 0.2) is 5.96 Å². The number of hydrogen-bond donors (Lipinski definition) is 2. The molecule has 30 heavy (non-hydrogen) atoms. The van der Waals surface area contributed by atoms with E-state index in [1.165, 1.54) is 5.00 Å². The summed E-state index contributed by atoms with van der Waals surface area (Å²) in [7, 11) is 3.55. The first kappa shape index (κ1) is 22.2. The van der Waals surface area contributed by atoms with E-state index in [2.05, 4.69) is 46.0 Å². The zero-order chi connectivity index (χ0) is 21.3. The smallest absolute Gasteiger partial charge is 0.253 e. The first-order valence-corrected chi connectivity index (χ1v) is 11.6. The molecule has 1 aromatic carbocycles. The second kappa shape index (κ2) is 11.0. The number of anilines is 1. The van der Waals surface area contributed by atoms with Crippen LogP contribution in [0.2, 0.25) is 0 Å². The molecule has 162 valence electrons. The monoisotopic (exact) mass is 427 g/mol. The number of carbonyl (C=O) groups is 1. The topological polar surface area (TPSA) is 60.0 Å². The minimum absolute atomic E-state index is 0.0317. The largest absolute Gasteiger partial charge is 0.363 e. The number of aliphatic imine (C=N–C) groups is 1. The maximum Gasteiger partial charge on any atom is 0.253 e. The number of thiophene rings is 1. The Morgan fingerprint density at radius 2 is 2.03 bits per heavy atom. The third-order valence-electron chi connectivity index (χ3n) is 5.25. The number of amides is 1. The number of nitrogens with zero attached hydrogens (tertiary/aromatic N) is 3. The lowest BCUT2D eigenvalue weighted by molar-refractivity contribution is 0.0827. The van der Waals surface area contributed by atoms with E-state index in [9.17, 15) is 4.79 Å². The molecule has 2 N–H and O–H groups in total. The highest BCUT2D eigenvalue weighted by molar-refractivity contribution is 7.14. The third kappa shape index (κ3) is 6.23. The summed E-state index contributed by atoms with van der Waals surface area (Å²) >= 11 is 1.81. The summed E-state index contributed by atoms with van der Waals surface area (Å²) in [5.41, 5.74) is 1.86. The highest BCUT2D eigenvalue weighted by Gasteiger charge is 2.20. The van der Waals surface area contributed by atoms with Crippen molar-refractivity contribution in [2.45, 2.75) is 32.2 Å². The van der Waals surface area contributed by atoms with Gasteiger partial charge in [0.25, 0.3) is 5.91 Å². The zero-order valence-corrected chi connectivity index (χ0v) is 19.0. The van der Waals surface area contributed by atoms with Crippen molar-refractivity contribution >= 4 is 28.2 Å². The Kier molecular flexibility index (Phi) is 8.13. The quantitative estimate of drug-likeness (QED) is 0.526. The van der Waals surface area contributed by atoms with Crippen molar-refractivity contribution in [3.8, 4) is 0 Å². The Morgan fingerprint density at radius 1 is 1.23 bits per heavy atom. The minimum Gasteiger partial charge on any atom is -0.363 e. The zero-order valence-electron chi connectivity index (χ0n) is 18.2. The molecule has 0 saturated carbocycles. The van der Waals surface area contributed by atoms with E-state index in [1.54, 1.807) is 19.0 Å². The average molecular weight is 428 g/mol. The third-order valence-corrected chi connectivity index (χ3v) is 6.18. The fourth-order valence-corrected chi connectivity index (χ4v) is 4.41. The second-order valence-electron chi connectivity index (χ2n) is 7.77. The standard InChI is InChI=1S/C23H33N5OS/c1-4-24-23(26-20-11-14-28(15-12-20)21-9-6-16-30-21)25-13-10-18-7-5-8-19(17-18)22(29)27(2)3/h5-9,16-17,20H,4,10-15H2,1-3H3,(H2,24,25,26). The normalized spacial score (nSPS) is 15.2. The molecule has 0 spiro atoms. The lowest BCUT2D eigenvalue weighted by atomic mass is 10.1. The van der Waals surface area contributed by atoms with Gasteiger partial charge in [0.05, 0.1) is 5.00 Å². The van der Waals surface area contributed by atoms with E-state index in [-0.39, 0.29) is 5.91 Å². The lowest BCUT2D eigenvalue weighted by Crippen LogP contribution is -2.48. The number of rotatable bonds is 7. The molecule has 6 nitrogen and oxygen atoms in total. The van der Waals surface area contributed by atoms with Crippen molar-refractivity contribution in [2.24, 2.45) is 4.99 Å². The molecule has 1 saturated heterocycles. The first-order chi connectivity index (χ1) is 14.6. The molecule has 0 atom stereocenters. The van der Waals surface area contributed by atoms with Crippen LogP contribution in [0.1, 0.15) is 35.7 Å². The maximum atomic E-state index is 12.2. The van der Waals surface area contributed by atoms with Gasteiger partial charge in [-0.05, 0) is 61.4 Å². The molecular weight excluding hydrogens is 394 g/mol. The van der Waals surface area contributed by atoms with E-state index in [0.717, 1.165) is 56.0 Å². The van der Waals surface area contributed by atoms with Crippen molar-refractivity contribution in [1.29, 1.82) is 0 Å². The van der Waals surface area contributed by atoms with Crippen LogP contribution in [0.25, 0.3) is 0 Å². The van der Waals surface area contributed by atoms with Gasteiger partial charge in [0.1, 0.15) is 0 Å². The van der Waals surface area contributed by atoms with Crippen LogP contribution in [0, 0.1) is 0 Å². The van der Waals surface area contributed by atoms with Crippen LogP contribution in [-0.4, -0.2) is 63.1 Å². The molecule has 3 rings (SSSR count). The van der Waals surface area contributed by atoms with Crippen molar-refractivity contribution in [2.75, 3.05) is 45.2 Å². The van der Waals surface area contributed by atoms with Gasteiger partial charge in [-0.3, -0.25) is 9.79 Å². The predicted octanol–water partition coefficient (Wildman–Crippen LogP) is 3.22. The number of piperidine rings is 1. The molecule has 0 bridgehead atoms. The summed E-state index contributed by atoms with van der Waals surface area (Å²) in [6, 6.07) is 12.6. The molecule has 2 heterocycles. The Bertz CT molecular complexity index is 826. The van der Waals surface area contributed by atoms with Crippen LogP contribution >= 0.6 is 11.3 Å². The molecule has 1 aliphatic rings. The van der Waals surface area contributed by atoms with Gasteiger partial charge in [-0.25, -0.2) is 0 Å². The van der Waals surface area contributed by atoms with Crippen LogP contribution in [0.5, 0.6) is 0 Å². The molecule has 2 aromatic rings. The molecule has 7 heteroatoms. The Labute approximate surface area is 184 Å². The maximum absolute atomic E-state index is 12.2. The molecule has 1 fully saturated rings. The van der Waals surface area contributed by atoms with Crippen LogP contribution in [0.15, 0.2) is 46.8 Å². The Morgan fingerprint density at radius 3 is 2.70 bits per heavy atom. The van der Waals surface area contributed by atoms with Gasteiger partial charge in [-0.1, -0.05) is 12.1 Å². The van der Waals surface area contributed by atoms with E-state index < -0.39 is 0 Å². The average Bonchev–Trinajstić information content (AvgIpc) is 3.29. The minimum atomic E-state index is 0.0317. The Balaban J connectivity index is 1.51. The van der Waals surface area contributed by atoms with Crippen molar-refractivity contribution < 1.29 is 4.79 Å². The Hall–Kier alpha value is -2.54. The fraction of sp³-hybridized carbons (Fsp3) is 0.478. The van der Waals surface area contributed by atoms with Crippen molar-refractivity contribution in [3.63, 3.8) is 0 Å². The lowest BCUT2D eigenvalue weighted by Gasteiger charge is -2.33. The summed E-state index contributed by atoms with van der Waals surface area (Å²) in [5, 5.41) is 10.5. The van der Waals surface area contributed by atoms with Gasteiger partial charge in [-0.15, -0.1) is 11.3 Å². The van der Waals surface area contributed by atoms with Crippen molar-refractivity contribution in [1.82, 2.24) is 15.5 Å². The first-order valence-electron chi connectivity index (χ1n) is 10.7. The van der Waals surface area contributed by atoms with Crippen molar-refractivity contribution in [3.05, 3.63) is 52.9 Å². The summed E-state index contributed by atoms with van der Waals surface area (Å²) in [6.45, 7) is 5.76. The predicted molar refractivity (Wildman–Crippen MR) is 127 cm³/mol. The van der Waals surface area contributed by atoms with E-state index in [0.29, 0.717) is 12.6 Å². The summed E-state index contributed by atoms with van der Waals surface area (Å²) in [4.78, 5) is 21.0. The molecule has 1 aliphatic heterocycles. The molecule has 0 aliphatic carbocycles. The van der Waals surface area contributed by atoms with Gasteiger partial charge in [0, 0.05) is 51.9 Å². The number of benzene rings is 1. The summed E-state index contributed by atoms with van der Waals surface area (Å²) in [6.07, 6.45) is 3.02.